The van der Waals surface area contributed by atoms with Gasteiger partial charge in [0.25, 0.3) is 0 Å². The third kappa shape index (κ3) is 3.35. The van der Waals surface area contributed by atoms with Crippen molar-refractivity contribution in [1.82, 2.24) is 0 Å². The summed E-state index contributed by atoms with van der Waals surface area (Å²) in [6, 6.07) is 0. The van der Waals surface area contributed by atoms with Crippen molar-refractivity contribution < 1.29 is 9.44 Å². The molecule has 2 rings (SSSR count). The summed E-state index contributed by atoms with van der Waals surface area (Å²) in [5, 5.41) is 12.7. The van der Waals surface area contributed by atoms with Crippen LogP contribution in [0.5, 0.6) is 0 Å². The fraction of sp³-hybridized carbons (Fsp3) is 0.643. The Balaban J connectivity index is 1.90. The average molecular weight is 425 g/mol. The number of fused-ring (bicyclic) bond motifs is 1. The number of hydrogen-bond donors (Lipinski definition) is 0. The number of amides is 1. The summed E-state index contributed by atoms with van der Waals surface area (Å²) in [6.07, 6.45) is 6.76. The predicted molar refractivity (Wildman–Crippen MR) is 89.6 cm³/mol. The van der Waals surface area contributed by atoms with Crippen molar-refractivity contribution in [3.8, 4) is 0 Å². The third-order valence-electron chi connectivity index (χ3n) is 3.79. The Morgan fingerprint density at radius 1 is 1.15 bits per heavy atom. The van der Waals surface area contributed by atoms with Gasteiger partial charge < -0.3 is 5.21 Å². The van der Waals surface area contributed by atoms with Crippen molar-refractivity contribution in [3.63, 3.8) is 0 Å². The summed E-state index contributed by atoms with van der Waals surface area (Å²) in [4.78, 5) is 12.3. The molecule has 0 aliphatic carbocycles. The molecule has 0 saturated carbocycles. The zero-order chi connectivity index (χ0) is 14.8. The van der Waals surface area contributed by atoms with E-state index in [0.29, 0.717) is 12.1 Å². The molecule has 0 bridgehead atoms. The van der Waals surface area contributed by atoms with Gasteiger partial charge in [0, 0.05) is 0 Å². The van der Waals surface area contributed by atoms with Crippen LogP contribution in [0.25, 0.3) is 0 Å². The number of unbranched alkanes of at least 4 members (excludes halogenated alkanes) is 5. The average Bonchev–Trinajstić information content (AvgIpc) is 2.82. The molecule has 0 N–H and O–H groups in total. The van der Waals surface area contributed by atoms with Gasteiger partial charge in [0.05, 0.1) is 19.7 Å². The first-order chi connectivity index (χ1) is 9.49. The maximum Gasteiger partial charge on any atom is 0.348 e. The van der Waals surface area contributed by atoms with Gasteiger partial charge in [-0.15, -0.1) is 11.3 Å². The summed E-state index contributed by atoms with van der Waals surface area (Å²) in [5.41, 5.74) is 1.48. The zero-order valence-corrected chi connectivity index (χ0v) is 15.6. The van der Waals surface area contributed by atoms with Crippen LogP contribution in [0.3, 0.4) is 0 Å². The smallest absolute Gasteiger partial charge is 0.348 e. The molecule has 0 saturated heterocycles. The Hall–Kier alpha value is 0.250. The number of hydroxylamine groups is 3. The van der Waals surface area contributed by atoms with E-state index in [9.17, 15) is 10.0 Å². The molecule has 20 heavy (non-hydrogen) atoms. The number of quaternary nitrogens is 1. The molecule has 0 radical (unpaired) electrons. The maximum atomic E-state index is 12.7. The van der Waals surface area contributed by atoms with Gasteiger partial charge in [0.1, 0.15) is 12.1 Å². The highest BCUT2D eigenvalue weighted by molar-refractivity contribution is 9.12. The van der Waals surface area contributed by atoms with Crippen molar-refractivity contribution in [2.75, 3.05) is 6.54 Å². The second-order valence-corrected chi connectivity index (χ2v) is 9.00. The van der Waals surface area contributed by atoms with Crippen LogP contribution in [0.2, 0.25) is 0 Å². The van der Waals surface area contributed by atoms with Crippen molar-refractivity contribution in [2.45, 2.75) is 52.0 Å². The van der Waals surface area contributed by atoms with E-state index in [4.69, 9.17) is 0 Å². The SMILES string of the molecule is CCCCCCCC[N+]1([O-])Cc2c(Br)sc(Br)c2C1=O. The zero-order valence-electron chi connectivity index (χ0n) is 11.6. The summed E-state index contributed by atoms with van der Waals surface area (Å²) < 4.78 is 0.984. The van der Waals surface area contributed by atoms with Gasteiger partial charge in [-0.05, 0) is 44.7 Å². The van der Waals surface area contributed by atoms with E-state index in [1.807, 2.05) is 0 Å². The van der Waals surface area contributed by atoms with E-state index in [-0.39, 0.29) is 12.5 Å². The Morgan fingerprint density at radius 3 is 2.45 bits per heavy atom. The quantitative estimate of drug-likeness (QED) is 0.324. The molecule has 3 nitrogen and oxygen atoms in total. The first-order valence-corrected chi connectivity index (χ1v) is 9.49. The molecule has 0 spiro atoms. The Bertz CT molecular complexity index is 504. The van der Waals surface area contributed by atoms with Crippen LogP contribution >= 0.6 is 43.2 Å². The van der Waals surface area contributed by atoms with Gasteiger partial charge in [-0.2, -0.15) is 0 Å². The molecule has 6 heteroatoms. The van der Waals surface area contributed by atoms with E-state index in [0.717, 1.165) is 32.4 Å². The molecular weight excluding hydrogens is 406 g/mol. The highest BCUT2D eigenvalue weighted by atomic mass is 79.9. The monoisotopic (exact) mass is 423 g/mol. The van der Waals surface area contributed by atoms with E-state index in [2.05, 4.69) is 38.8 Å². The fourth-order valence-corrected chi connectivity index (χ4v) is 5.74. The second-order valence-electron chi connectivity index (χ2n) is 5.35. The van der Waals surface area contributed by atoms with Gasteiger partial charge in [-0.3, -0.25) is 4.65 Å². The van der Waals surface area contributed by atoms with Crippen LogP contribution in [0.4, 0.5) is 0 Å². The van der Waals surface area contributed by atoms with E-state index >= 15 is 0 Å². The number of carbonyl (C=O) groups is 1. The topological polar surface area (TPSA) is 40.1 Å². The largest absolute Gasteiger partial charge is 0.625 e. The van der Waals surface area contributed by atoms with Crippen molar-refractivity contribution >= 4 is 49.1 Å². The van der Waals surface area contributed by atoms with Gasteiger partial charge in [0.15, 0.2) is 0 Å². The molecule has 112 valence electrons. The number of nitrogens with zero attached hydrogens (tertiary/aromatic N) is 1. The summed E-state index contributed by atoms with van der Waals surface area (Å²) in [6.45, 7) is 2.88. The molecule has 2 heterocycles. The molecule has 1 unspecified atom stereocenters. The van der Waals surface area contributed by atoms with E-state index < -0.39 is 4.65 Å². The molecule has 1 aliphatic rings. The van der Waals surface area contributed by atoms with E-state index in [1.165, 1.54) is 30.6 Å². The minimum Gasteiger partial charge on any atom is -0.625 e. The van der Waals surface area contributed by atoms with E-state index in [1.54, 1.807) is 0 Å². The molecule has 1 atom stereocenters. The van der Waals surface area contributed by atoms with Crippen LogP contribution in [0, 0.1) is 5.21 Å². The maximum absolute atomic E-state index is 12.7. The molecule has 1 aromatic heterocycles. The standard InChI is InChI=1S/C14H19Br2NO2S/c1-2-3-4-5-6-7-8-17(19)9-10-11(14(17)18)13(16)20-12(10)15/h2-9H2,1H3. The van der Waals surface area contributed by atoms with Crippen LogP contribution in [0.1, 0.15) is 61.4 Å². The van der Waals surface area contributed by atoms with Crippen LogP contribution in [0.15, 0.2) is 7.57 Å². The highest BCUT2D eigenvalue weighted by Gasteiger charge is 2.42. The number of carbonyl (C=O) groups excluding carboxylic acids is 1. The molecule has 1 amide bonds. The van der Waals surface area contributed by atoms with Gasteiger partial charge in [-0.1, -0.05) is 32.6 Å². The number of halogens is 2. The lowest BCUT2D eigenvalue weighted by molar-refractivity contribution is -0.807. The predicted octanol–water partition coefficient (Wildman–Crippen LogP) is 5.60. The number of rotatable bonds is 7. The molecule has 0 fully saturated rings. The molecule has 0 aromatic carbocycles. The Labute approximate surface area is 140 Å². The lowest BCUT2D eigenvalue weighted by atomic mass is 10.1. The summed E-state index contributed by atoms with van der Waals surface area (Å²) >= 11 is 8.31. The molecule has 1 aromatic rings. The van der Waals surface area contributed by atoms with Crippen LogP contribution in [-0.4, -0.2) is 17.1 Å². The normalized spacial score (nSPS) is 21.5. The van der Waals surface area contributed by atoms with Crippen LogP contribution < -0.4 is 0 Å². The summed E-state index contributed by atoms with van der Waals surface area (Å²) in [7, 11) is 0. The first-order valence-electron chi connectivity index (χ1n) is 7.09. The van der Waals surface area contributed by atoms with Crippen molar-refractivity contribution in [2.24, 2.45) is 0 Å². The Morgan fingerprint density at radius 2 is 1.80 bits per heavy atom. The lowest BCUT2D eigenvalue weighted by Crippen LogP contribution is -2.43. The number of thiophene rings is 1. The minimum absolute atomic E-state index is 0.276. The third-order valence-corrected chi connectivity index (χ3v) is 6.44. The fourth-order valence-electron chi connectivity index (χ4n) is 2.62. The second kappa shape index (κ2) is 7.01. The van der Waals surface area contributed by atoms with Crippen molar-refractivity contribution in [1.29, 1.82) is 0 Å². The van der Waals surface area contributed by atoms with Crippen molar-refractivity contribution in [3.05, 3.63) is 23.9 Å². The van der Waals surface area contributed by atoms with Gasteiger partial charge in [-0.25, -0.2) is 4.79 Å². The lowest BCUT2D eigenvalue weighted by Gasteiger charge is -2.35. The first kappa shape index (κ1) is 16.6. The van der Waals surface area contributed by atoms with Crippen LogP contribution in [-0.2, 0) is 6.54 Å². The highest BCUT2D eigenvalue weighted by Crippen LogP contribution is 2.44. The molecule has 1 aliphatic heterocycles. The summed E-state index contributed by atoms with van der Waals surface area (Å²) in [5.74, 6) is -0.276. The molecular formula is C14H19Br2NO2S. The minimum atomic E-state index is -0.705. The number of hydrogen-bond acceptors (Lipinski definition) is 3. The Kier molecular flexibility index (Phi) is 5.82. The van der Waals surface area contributed by atoms with Gasteiger partial charge >= 0.3 is 5.91 Å². The van der Waals surface area contributed by atoms with Gasteiger partial charge in [0.2, 0.25) is 0 Å².